The molecule has 3 rings (SSSR count). The number of likely N-dealkylation sites (tertiary alicyclic amines) is 1. The van der Waals surface area contributed by atoms with Gasteiger partial charge in [0, 0.05) is 20.1 Å². The van der Waals surface area contributed by atoms with Crippen LogP contribution in [0.4, 0.5) is 4.79 Å². The Balaban J connectivity index is 1.67. The van der Waals surface area contributed by atoms with Gasteiger partial charge in [0.05, 0.1) is 35.4 Å². The molecular formula is C17H21N5O2. The molecule has 1 aromatic heterocycles. The van der Waals surface area contributed by atoms with Crippen molar-refractivity contribution in [3.63, 3.8) is 0 Å². The first-order valence-electron chi connectivity index (χ1n) is 8.04. The lowest BCUT2D eigenvalue weighted by Gasteiger charge is -2.32. The molecule has 0 spiro atoms. The van der Waals surface area contributed by atoms with Gasteiger partial charge in [0.25, 0.3) is 0 Å². The van der Waals surface area contributed by atoms with Crippen molar-refractivity contribution in [3.8, 4) is 0 Å². The summed E-state index contributed by atoms with van der Waals surface area (Å²) in [4.78, 5) is 36.0. The van der Waals surface area contributed by atoms with Crippen LogP contribution in [0.15, 0.2) is 30.5 Å². The van der Waals surface area contributed by atoms with Crippen LogP contribution in [0.3, 0.4) is 0 Å². The number of carbonyl (C=O) groups excluding carboxylic acids is 2. The third-order valence-corrected chi connectivity index (χ3v) is 4.36. The van der Waals surface area contributed by atoms with E-state index in [1.807, 2.05) is 24.3 Å². The fraction of sp³-hybridized carbons (Fsp3) is 0.412. The highest BCUT2D eigenvalue weighted by Crippen LogP contribution is 2.19. The van der Waals surface area contributed by atoms with Crippen molar-refractivity contribution in [3.05, 3.63) is 36.2 Å². The molecular weight excluding hydrogens is 306 g/mol. The maximum absolute atomic E-state index is 12.6. The summed E-state index contributed by atoms with van der Waals surface area (Å²) in [5.41, 5.74) is 7.71. The topological polar surface area (TPSA) is 92.4 Å². The largest absolute Gasteiger partial charge is 0.351 e. The second-order valence-corrected chi connectivity index (χ2v) is 6.17. The van der Waals surface area contributed by atoms with Gasteiger partial charge in [-0.15, -0.1) is 0 Å². The number of primary amides is 1. The quantitative estimate of drug-likeness (QED) is 0.921. The van der Waals surface area contributed by atoms with Crippen molar-refractivity contribution < 1.29 is 9.59 Å². The zero-order valence-electron chi connectivity index (χ0n) is 13.7. The first-order chi connectivity index (χ1) is 11.5. The number of hydrogen-bond donors (Lipinski definition) is 1. The van der Waals surface area contributed by atoms with Crippen molar-refractivity contribution in [1.29, 1.82) is 0 Å². The van der Waals surface area contributed by atoms with E-state index in [-0.39, 0.29) is 11.8 Å². The van der Waals surface area contributed by atoms with Crippen LogP contribution in [0.25, 0.3) is 11.0 Å². The molecule has 7 heteroatoms. The Kier molecular flexibility index (Phi) is 4.59. The Bertz CT molecular complexity index is 763. The number of nitrogens with zero attached hydrogens (tertiary/aromatic N) is 4. The minimum absolute atomic E-state index is 0.0101. The zero-order valence-corrected chi connectivity index (χ0v) is 13.7. The van der Waals surface area contributed by atoms with E-state index >= 15 is 0 Å². The number of para-hydroxylation sites is 2. The van der Waals surface area contributed by atoms with Gasteiger partial charge < -0.3 is 15.5 Å². The second-order valence-electron chi connectivity index (χ2n) is 6.17. The average molecular weight is 327 g/mol. The highest BCUT2D eigenvalue weighted by molar-refractivity contribution is 5.80. The highest BCUT2D eigenvalue weighted by Gasteiger charge is 2.29. The fourth-order valence-corrected chi connectivity index (χ4v) is 3.08. The minimum Gasteiger partial charge on any atom is -0.351 e. The van der Waals surface area contributed by atoms with Gasteiger partial charge in [-0.3, -0.25) is 9.78 Å². The van der Waals surface area contributed by atoms with Gasteiger partial charge in [-0.25, -0.2) is 9.78 Å². The number of aromatic nitrogens is 2. The third kappa shape index (κ3) is 3.45. The second kappa shape index (κ2) is 6.82. The summed E-state index contributed by atoms with van der Waals surface area (Å²) in [5, 5.41) is 0. The lowest BCUT2D eigenvalue weighted by molar-refractivity contribution is -0.136. The van der Waals surface area contributed by atoms with E-state index in [2.05, 4.69) is 9.97 Å². The number of rotatable bonds is 3. The first-order valence-corrected chi connectivity index (χ1v) is 8.04. The van der Waals surface area contributed by atoms with Crippen LogP contribution in [0.5, 0.6) is 0 Å². The molecule has 1 fully saturated rings. The highest BCUT2D eigenvalue weighted by atomic mass is 16.2. The Morgan fingerprint density at radius 1 is 1.33 bits per heavy atom. The van der Waals surface area contributed by atoms with Gasteiger partial charge >= 0.3 is 6.03 Å². The van der Waals surface area contributed by atoms with Gasteiger partial charge in [0.2, 0.25) is 5.91 Å². The molecule has 2 aromatic rings. The number of nitrogens with two attached hydrogens (primary N) is 1. The number of benzene rings is 1. The van der Waals surface area contributed by atoms with E-state index in [1.165, 1.54) is 4.90 Å². The van der Waals surface area contributed by atoms with Crippen LogP contribution < -0.4 is 5.73 Å². The van der Waals surface area contributed by atoms with Gasteiger partial charge in [0.15, 0.2) is 0 Å². The van der Waals surface area contributed by atoms with E-state index in [0.29, 0.717) is 19.6 Å². The summed E-state index contributed by atoms with van der Waals surface area (Å²) >= 11 is 0. The van der Waals surface area contributed by atoms with Gasteiger partial charge in [0.1, 0.15) is 0 Å². The predicted molar refractivity (Wildman–Crippen MR) is 89.9 cm³/mol. The molecule has 0 aliphatic carbocycles. The number of fused-ring (bicyclic) bond motifs is 1. The fourth-order valence-electron chi connectivity index (χ4n) is 3.08. The molecule has 1 aromatic carbocycles. The van der Waals surface area contributed by atoms with E-state index in [9.17, 15) is 9.59 Å². The van der Waals surface area contributed by atoms with Gasteiger partial charge in [-0.05, 0) is 25.0 Å². The smallest absolute Gasteiger partial charge is 0.314 e. The van der Waals surface area contributed by atoms with Crippen LogP contribution in [-0.2, 0) is 11.3 Å². The number of piperidine rings is 1. The van der Waals surface area contributed by atoms with Gasteiger partial charge in [-0.1, -0.05) is 12.1 Å². The molecule has 24 heavy (non-hydrogen) atoms. The molecule has 1 saturated heterocycles. The lowest BCUT2D eigenvalue weighted by Crippen LogP contribution is -2.47. The molecule has 1 unspecified atom stereocenters. The maximum atomic E-state index is 12.6. The van der Waals surface area contributed by atoms with E-state index in [1.54, 1.807) is 18.1 Å². The van der Waals surface area contributed by atoms with Gasteiger partial charge in [-0.2, -0.15) is 0 Å². The predicted octanol–water partition coefficient (Wildman–Crippen LogP) is 1.38. The normalized spacial score (nSPS) is 17.7. The summed E-state index contributed by atoms with van der Waals surface area (Å²) < 4.78 is 0. The minimum atomic E-state index is -0.462. The average Bonchev–Trinajstić information content (AvgIpc) is 2.61. The molecule has 0 radical (unpaired) electrons. The lowest BCUT2D eigenvalue weighted by atomic mass is 9.97. The monoisotopic (exact) mass is 327 g/mol. The zero-order chi connectivity index (χ0) is 17.1. The molecule has 0 saturated carbocycles. The van der Waals surface area contributed by atoms with Crippen molar-refractivity contribution >= 4 is 23.0 Å². The number of amides is 3. The molecule has 1 aliphatic rings. The Labute approximate surface area is 140 Å². The molecule has 126 valence electrons. The maximum Gasteiger partial charge on any atom is 0.314 e. The van der Waals surface area contributed by atoms with E-state index in [4.69, 9.17) is 5.73 Å². The SMILES string of the molecule is CN(Cc1cnc2ccccc2n1)C(=O)C1CCCN(C(N)=O)C1. The Morgan fingerprint density at radius 2 is 2.08 bits per heavy atom. The summed E-state index contributed by atoms with van der Waals surface area (Å²) in [6, 6.07) is 7.17. The van der Waals surface area contributed by atoms with Crippen LogP contribution in [0, 0.1) is 5.92 Å². The van der Waals surface area contributed by atoms with E-state index in [0.717, 1.165) is 29.6 Å². The molecule has 2 heterocycles. The molecule has 3 amide bonds. The Hall–Kier alpha value is -2.70. The third-order valence-electron chi connectivity index (χ3n) is 4.36. The molecule has 7 nitrogen and oxygen atoms in total. The Morgan fingerprint density at radius 3 is 2.83 bits per heavy atom. The summed E-state index contributed by atoms with van der Waals surface area (Å²) in [7, 11) is 1.75. The van der Waals surface area contributed by atoms with E-state index < -0.39 is 6.03 Å². The molecule has 0 bridgehead atoms. The van der Waals surface area contributed by atoms with Crippen LogP contribution >= 0.6 is 0 Å². The summed E-state index contributed by atoms with van der Waals surface area (Å²) in [6.07, 6.45) is 3.27. The molecule has 1 atom stereocenters. The van der Waals surface area contributed by atoms with Crippen molar-refractivity contribution in [1.82, 2.24) is 19.8 Å². The van der Waals surface area contributed by atoms with Crippen molar-refractivity contribution in [2.24, 2.45) is 11.7 Å². The standard InChI is InChI=1S/C17H21N5O2/c1-21(16(23)12-5-4-8-22(10-12)17(18)24)11-13-9-19-14-6-2-3-7-15(14)20-13/h2-3,6-7,9,12H,4-5,8,10-11H2,1H3,(H2,18,24). The number of urea groups is 1. The number of carbonyl (C=O) groups is 2. The number of hydrogen-bond acceptors (Lipinski definition) is 4. The van der Waals surface area contributed by atoms with Crippen molar-refractivity contribution in [2.45, 2.75) is 19.4 Å². The summed E-state index contributed by atoms with van der Waals surface area (Å²) in [5.74, 6) is -0.194. The summed E-state index contributed by atoms with van der Waals surface area (Å²) in [6.45, 7) is 1.41. The van der Waals surface area contributed by atoms with Crippen LogP contribution in [-0.4, -0.2) is 51.8 Å². The van der Waals surface area contributed by atoms with Crippen molar-refractivity contribution in [2.75, 3.05) is 20.1 Å². The first kappa shape index (κ1) is 16.2. The van der Waals surface area contributed by atoms with Crippen LogP contribution in [0.1, 0.15) is 18.5 Å². The molecule has 1 aliphatic heterocycles. The molecule has 2 N–H and O–H groups in total. The van der Waals surface area contributed by atoms with Crippen LogP contribution in [0.2, 0.25) is 0 Å².